The predicted molar refractivity (Wildman–Crippen MR) is 137 cm³/mol. The van der Waals surface area contributed by atoms with Crippen LogP contribution in [0.4, 0.5) is 11.5 Å². The number of hydrogen-bond acceptors (Lipinski definition) is 5. The fourth-order valence-corrected chi connectivity index (χ4v) is 4.95. The Morgan fingerprint density at radius 1 is 1.03 bits per heavy atom. The monoisotopic (exact) mass is 474 g/mol. The lowest BCUT2D eigenvalue weighted by atomic mass is 10.1. The van der Waals surface area contributed by atoms with Crippen LogP contribution < -0.4 is 21.9 Å². The van der Waals surface area contributed by atoms with Crippen molar-refractivity contribution >= 4 is 28.7 Å². The van der Waals surface area contributed by atoms with Crippen molar-refractivity contribution in [3.8, 4) is 0 Å². The molecule has 0 fully saturated rings. The molecule has 0 aliphatic carbocycles. The first-order valence-corrected chi connectivity index (χ1v) is 11.8. The molecular weight excluding hydrogens is 448 g/mol. The van der Waals surface area contributed by atoms with E-state index < -0.39 is 11.2 Å². The first-order valence-electron chi connectivity index (χ1n) is 11.0. The number of nitrogens with zero attached hydrogens (tertiary/aromatic N) is 2. The van der Waals surface area contributed by atoms with Gasteiger partial charge >= 0.3 is 5.69 Å². The molecule has 2 heterocycles. The van der Waals surface area contributed by atoms with Crippen molar-refractivity contribution in [2.75, 3.05) is 10.6 Å². The number of carbonyl (C=O) groups is 1. The lowest BCUT2D eigenvalue weighted by Gasteiger charge is -2.24. The number of anilines is 2. The first-order chi connectivity index (χ1) is 16.4. The molecule has 8 heteroatoms. The summed E-state index contributed by atoms with van der Waals surface area (Å²) in [4.78, 5) is 44.7. The lowest BCUT2D eigenvalue weighted by Crippen LogP contribution is -2.40. The molecule has 34 heavy (non-hydrogen) atoms. The number of benzene rings is 2. The van der Waals surface area contributed by atoms with E-state index in [9.17, 15) is 14.4 Å². The Balaban J connectivity index is 1.85. The van der Waals surface area contributed by atoms with Gasteiger partial charge in [0.1, 0.15) is 5.82 Å². The smallest absolute Gasteiger partial charge is 0.330 e. The summed E-state index contributed by atoms with van der Waals surface area (Å²) >= 11 is 1.39. The van der Waals surface area contributed by atoms with Crippen LogP contribution in [0.25, 0.3) is 0 Å². The second-order valence-electron chi connectivity index (χ2n) is 7.99. The van der Waals surface area contributed by atoms with Gasteiger partial charge in [0.05, 0.1) is 18.0 Å². The van der Waals surface area contributed by atoms with Crippen LogP contribution in [-0.4, -0.2) is 15.5 Å². The fourth-order valence-electron chi connectivity index (χ4n) is 3.89. The summed E-state index contributed by atoms with van der Waals surface area (Å²) in [5.41, 5.74) is 7.83. The van der Waals surface area contributed by atoms with Gasteiger partial charge in [0, 0.05) is 4.88 Å². The normalized spacial score (nSPS) is 10.9. The van der Waals surface area contributed by atoms with Gasteiger partial charge in [0.15, 0.2) is 5.69 Å². The molecule has 0 spiro atoms. The van der Waals surface area contributed by atoms with Gasteiger partial charge in [-0.1, -0.05) is 67.6 Å². The van der Waals surface area contributed by atoms with Crippen molar-refractivity contribution in [1.82, 2.24) is 9.55 Å². The number of nitrogen functional groups attached to an aromatic ring is 1. The average molecular weight is 475 g/mol. The van der Waals surface area contributed by atoms with Crippen LogP contribution in [0.15, 0.2) is 76.3 Å². The van der Waals surface area contributed by atoms with Crippen LogP contribution >= 0.6 is 11.3 Å². The Bertz CT molecular complexity index is 1420. The molecule has 0 aliphatic rings. The lowest BCUT2D eigenvalue weighted by molar-refractivity contribution is 0.0988. The van der Waals surface area contributed by atoms with E-state index >= 15 is 0 Å². The number of nitrogens with two attached hydrogens (primary N) is 1. The van der Waals surface area contributed by atoms with Crippen LogP contribution in [0.5, 0.6) is 0 Å². The zero-order valence-corrected chi connectivity index (χ0v) is 19.9. The predicted octanol–water partition coefficient (Wildman–Crippen LogP) is 3.95. The Kier molecular flexibility index (Phi) is 6.79. The van der Waals surface area contributed by atoms with Gasteiger partial charge in [-0.2, -0.15) is 0 Å². The van der Waals surface area contributed by atoms with Crippen LogP contribution in [0, 0.1) is 6.92 Å². The Hall–Kier alpha value is -3.91. The molecule has 174 valence electrons. The second kappa shape index (κ2) is 9.93. The summed E-state index contributed by atoms with van der Waals surface area (Å²) in [6, 6.07) is 20.6. The number of aromatic amines is 1. The van der Waals surface area contributed by atoms with Crippen LogP contribution in [0.2, 0.25) is 0 Å². The zero-order chi connectivity index (χ0) is 24.2. The Labute approximate surface area is 201 Å². The minimum atomic E-state index is -0.694. The molecule has 3 N–H and O–H groups in total. The van der Waals surface area contributed by atoms with Crippen molar-refractivity contribution in [2.24, 2.45) is 0 Å². The van der Waals surface area contributed by atoms with Crippen molar-refractivity contribution in [3.63, 3.8) is 0 Å². The molecular formula is C26H26N4O3S. The molecule has 7 nitrogen and oxygen atoms in total. The van der Waals surface area contributed by atoms with E-state index in [1.54, 1.807) is 0 Å². The molecule has 4 aromatic rings. The third kappa shape index (κ3) is 4.72. The number of H-pyrrole nitrogens is 1. The summed E-state index contributed by atoms with van der Waals surface area (Å²) in [7, 11) is 0. The number of amides is 1. The average Bonchev–Trinajstić information content (AvgIpc) is 3.22. The summed E-state index contributed by atoms with van der Waals surface area (Å²) < 4.78 is 1.29. The van der Waals surface area contributed by atoms with Crippen molar-refractivity contribution in [1.29, 1.82) is 0 Å². The maximum absolute atomic E-state index is 13.7. The second-order valence-corrected chi connectivity index (χ2v) is 9.24. The van der Waals surface area contributed by atoms with Crippen molar-refractivity contribution in [3.05, 3.63) is 114 Å². The van der Waals surface area contributed by atoms with Crippen molar-refractivity contribution in [2.45, 2.75) is 33.4 Å². The topological polar surface area (TPSA) is 101 Å². The summed E-state index contributed by atoms with van der Waals surface area (Å²) in [6.07, 6.45) is 0.805. The maximum Gasteiger partial charge on any atom is 0.330 e. The number of aryl methyl sites for hydroxylation is 2. The molecule has 2 aromatic carbocycles. The van der Waals surface area contributed by atoms with Crippen LogP contribution in [-0.2, 0) is 19.5 Å². The largest absolute Gasteiger partial charge is 0.383 e. The van der Waals surface area contributed by atoms with Crippen molar-refractivity contribution < 1.29 is 4.79 Å². The maximum atomic E-state index is 13.7. The summed E-state index contributed by atoms with van der Waals surface area (Å²) in [5, 5.41) is 0. The van der Waals surface area contributed by atoms with E-state index in [0.29, 0.717) is 4.88 Å². The highest BCUT2D eigenvalue weighted by Gasteiger charge is 2.27. The molecule has 4 rings (SSSR count). The molecule has 0 atom stereocenters. The first kappa shape index (κ1) is 23.3. The number of aromatic nitrogens is 2. The highest BCUT2D eigenvalue weighted by molar-refractivity contribution is 7.14. The highest BCUT2D eigenvalue weighted by atomic mass is 32.1. The molecule has 0 bridgehead atoms. The number of nitrogens with one attached hydrogen (secondary N) is 1. The van der Waals surface area contributed by atoms with E-state index in [1.165, 1.54) is 20.8 Å². The van der Waals surface area contributed by atoms with Gasteiger partial charge in [-0.15, -0.1) is 11.3 Å². The van der Waals surface area contributed by atoms with Gasteiger partial charge in [-0.25, -0.2) is 4.79 Å². The zero-order valence-electron chi connectivity index (χ0n) is 19.1. The molecule has 0 radical (unpaired) electrons. The number of rotatable bonds is 7. The van der Waals surface area contributed by atoms with E-state index in [1.807, 2.05) is 80.6 Å². The highest BCUT2D eigenvalue weighted by Crippen LogP contribution is 2.28. The van der Waals surface area contributed by atoms with Gasteiger partial charge < -0.3 is 5.73 Å². The molecule has 2 aromatic heterocycles. The standard InChI is InChI=1S/C26H26N4O3S/c1-3-20-14-21(34-17(20)2)25(32)29(15-18-10-6-4-7-11-18)22-23(27)30(26(33)28-24(22)31)16-19-12-8-5-9-13-19/h4-14H,3,15-16,27H2,1-2H3,(H,28,31,33). The van der Waals surface area contributed by atoms with Gasteiger partial charge in [-0.05, 0) is 36.1 Å². The molecule has 0 saturated heterocycles. The SMILES string of the molecule is CCc1cc(C(=O)N(Cc2ccccc2)c2c(N)n(Cc3ccccc3)c(=O)[nH]c2=O)sc1C. The van der Waals surface area contributed by atoms with Gasteiger partial charge in [0.25, 0.3) is 11.5 Å². The Morgan fingerprint density at radius 2 is 1.65 bits per heavy atom. The minimum Gasteiger partial charge on any atom is -0.383 e. The van der Waals surface area contributed by atoms with Crippen LogP contribution in [0.3, 0.4) is 0 Å². The molecule has 0 aliphatic heterocycles. The fraction of sp³-hybridized carbons (Fsp3) is 0.192. The Morgan fingerprint density at radius 3 is 2.24 bits per heavy atom. The van der Waals surface area contributed by atoms with E-state index in [2.05, 4.69) is 4.98 Å². The van der Waals surface area contributed by atoms with E-state index in [0.717, 1.165) is 28.0 Å². The summed E-state index contributed by atoms with van der Waals surface area (Å²) in [5.74, 6) is -0.385. The molecule has 0 unspecified atom stereocenters. The third-order valence-electron chi connectivity index (χ3n) is 5.71. The number of hydrogen-bond donors (Lipinski definition) is 2. The molecule has 1 amide bonds. The minimum absolute atomic E-state index is 0.0338. The van der Waals surface area contributed by atoms with E-state index in [-0.39, 0.29) is 30.5 Å². The quantitative estimate of drug-likeness (QED) is 0.424. The number of carbonyl (C=O) groups excluding carboxylic acids is 1. The van der Waals surface area contributed by atoms with Gasteiger partial charge in [-0.3, -0.25) is 24.0 Å². The third-order valence-corrected chi connectivity index (χ3v) is 6.79. The number of thiophene rings is 1. The summed E-state index contributed by atoms with van der Waals surface area (Å²) in [6.45, 7) is 4.31. The van der Waals surface area contributed by atoms with E-state index in [4.69, 9.17) is 5.73 Å². The molecule has 0 saturated carbocycles. The van der Waals surface area contributed by atoms with Gasteiger partial charge in [0.2, 0.25) is 0 Å². The van der Waals surface area contributed by atoms with Crippen LogP contribution in [0.1, 0.15) is 38.2 Å².